The van der Waals surface area contributed by atoms with Crippen molar-refractivity contribution in [3.63, 3.8) is 0 Å². The molecule has 0 aromatic heterocycles. The summed E-state index contributed by atoms with van der Waals surface area (Å²) < 4.78 is 4.93. The number of carbonyl (C=O) groups is 4. The molecular weight excluding hydrogens is 422 g/mol. The Morgan fingerprint density at radius 1 is 1.06 bits per heavy atom. The van der Waals surface area contributed by atoms with Gasteiger partial charge in [-0.2, -0.15) is 0 Å². The van der Waals surface area contributed by atoms with Crippen LogP contribution in [-0.2, 0) is 23.9 Å². The first-order chi connectivity index (χ1) is 15.9. The Hall–Kier alpha value is -3.52. The molecule has 8 nitrogen and oxygen atoms in total. The highest BCUT2D eigenvalue weighted by Gasteiger charge is 2.73. The third-order valence-corrected chi connectivity index (χ3v) is 7.16. The SMILES string of the molecule is COC(=O)C[C@]12C(=O)NCCN1[C@H](c1ccc(C)cc1)[C@H]1C(=O)N(c3ccccc3)C(=O)[C@H]12. The highest BCUT2D eigenvalue weighted by atomic mass is 16.5. The van der Waals surface area contributed by atoms with Crippen molar-refractivity contribution in [2.45, 2.75) is 24.9 Å². The number of methoxy groups -OCH3 is 1. The van der Waals surface area contributed by atoms with Crippen LogP contribution < -0.4 is 10.2 Å². The van der Waals surface area contributed by atoms with Gasteiger partial charge in [-0.1, -0.05) is 48.0 Å². The van der Waals surface area contributed by atoms with Gasteiger partial charge in [0.1, 0.15) is 5.54 Å². The molecular formula is C25H25N3O5. The molecule has 33 heavy (non-hydrogen) atoms. The van der Waals surface area contributed by atoms with E-state index in [-0.39, 0.29) is 12.3 Å². The Bertz CT molecular complexity index is 1130. The Labute approximate surface area is 191 Å². The van der Waals surface area contributed by atoms with Crippen LogP contribution in [0, 0.1) is 18.8 Å². The van der Waals surface area contributed by atoms with Crippen molar-refractivity contribution in [2.24, 2.45) is 11.8 Å². The lowest BCUT2D eigenvalue weighted by molar-refractivity contribution is -0.154. The fourth-order valence-electron chi connectivity index (χ4n) is 5.75. The van der Waals surface area contributed by atoms with Gasteiger partial charge in [0.2, 0.25) is 17.7 Å². The summed E-state index contributed by atoms with van der Waals surface area (Å²) in [6.07, 6.45) is -0.305. The van der Waals surface area contributed by atoms with Crippen molar-refractivity contribution >= 4 is 29.4 Å². The van der Waals surface area contributed by atoms with Crippen LogP contribution in [0.3, 0.4) is 0 Å². The minimum Gasteiger partial charge on any atom is -0.469 e. The number of anilines is 1. The van der Waals surface area contributed by atoms with Gasteiger partial charge >= 0.3 is 5.97 Å². The highest BCUT2D eigenvalue weighted by Crippen LogP contribution is 2.57. The standard InChI is InChI=1S/C25H25N3O5/c1-15-8-10-16(11-9-15)21-19-20(23(31)28(22(19)30)17-6-4-3-5-7-17)25(14-18(29)33-2)24(32)26-12-13-27(21)25/h3-11,19-21H,12-14H2,1-2H3,(H,26,32)/t19-,20-,21+,25-/m0/s1. The van der Waals surface area contributed by atoms with Gasteiger partial charge in [0, 0.05) is 19.1 Å². The van der Waals surface area contributed by atoms with E-state index in [2.05, 4.69) is 5.32 Å². The number of imide groups is 1. The van der Waals surface area contributed by atoms with Gasteiger partial charge in [0.15, 0.2) is 0 Å². The minimum atomic E-state index is -1.50. The molecule has 0 saturated carbocycles. The summed E-state index contributed by atoms with van der Waals surface area (Å²) in [7, 11) is 1.26. The maximum absolute atomic E-state index is 13.9. The summed E-state index contributed by atoms with van der Waals surface area (Å²) in [5.41, 5.74) is 0.862. The summed E-state index contributed by atoms with van der Waals surface area (Å²) in [4.78, 5) is 56.8. The molecule has 0 spiro atoms. The van der Waals surface area contributed by atoms with Crippen molar-refractivity contribution in [2.75, 3.05) is 25.1 Å². The third-order valence-electron chi connectivity index (χ3n) is 7.16. The number of hydrogen-bond donors (Lipinski definition) is 1. The molecule has 2 aromatic rings. The Kier molecular flexibility index (Phi) is 5.05. The van der Waals surface area contributed by atoms with Crippen LogP contribution in [0.1, 0.15) is 23.6 Å². The van der Waals surface area contributed by atoms with Crippen LogP contribution >= 0.6 is 0 Å². The summed E-state index contributed by atoms with van der Waals surface area (Å²) >= 11 is 0. The first-order valence-corrected chi connectivity index (χ1v) is 11.0. The maximum Gasteiger partial charge on any atom is 0.307 e. The van der Waals surface area contributed by atoms with Gasteiger partial charge in [-0.3, -0.25) is 24.1 Å². The van der Waals surface area contributed by atoms with E-state index in [9.17, 15) is 19.2 Å². The van der Waals surface area contributed by atoms with E-state index in [1.165, 1.54) is 12.0 Å². The fraction of sp³-hybridized carbons (Fsp3) is 0.360. The summed E-state index contributed by atoms with van der Waals surface area (Å²) in [5, 5.41) is 2.84. The zero-order chi connectivity index (χ0) is 23.3. The minimum absolute atomic E-state index is 0.305. The Morgan fingerprint density at radius 3 is 2.42 bits per heavy atom. The van der Waals surface area contributed by atoms with Crippen molar-refractivity contribution in [1.29, 1.82) is 0 Å². The number of ether oxygens (including phenoxy) is 1. The number of para-hydroxylation sites is 1. The van der Waals surface area contributed by atoms with Gasteiger partial charge in [-0.15, -0.1) is 0 Å². The molecule has 5 rings (SSSR count). The number of carbonyl (C=O) groups excluding carboxylic acids is 4. The van der Waals surface area contributed by atoms with E-state index in [1.54, 1.807) is 30.3 Å². The maximum atomic E-state index is 13.9. The molecule has 0 bridgehead atoms. The number of hydrogen-bond acceptors (Lipinski definition) is 6. The van der Waals surface area contributed by atoms with Crippen LogP contribution in [0.4, 0.5) is 5.69 Å². The smallest absolute Gasteiger partial charge is 0.307 e. The molecule has 4 atom stereocenters. The lowest BCUT2D eigenvalue weighted by Gasteiger charge is -2.45. The molecule has 1 N–H and O–H groups in total. The van der Waals surface area contributed by atoms with Crippen LogP contribution in [-0.4, -0.2) is 54.3 Å². The average molecular weight is 447 g/mol. The quantitative estimate of drug-likeness (QED) is 0.565. The second-order valence-electron chi connectivity index (χ2n) is 8.83. The molecule has 3 amide bonds. The molecule has 3 fully saturated rings. The van der Waals surface area contributed by atoms with E-state index < -0.39 is 41.2 Å². The van der Waals surface area contributed by atoms with E-state index in [1.807, 2.05) is 36.1 Å². The van der Waals surface area contributed by atoms with Crippen molar-refractivity contribution in [3.8, 4) is 0 Å². The summed E-state index contributed by atoms with van der Waals surface area (Å²) in [6.45, 7) is 2.76. The van der Waals surface area contributed by atoms with Gasteiger partial charge < -0.3 is 10.1 Å². The predicted octanol–water partition coefficient (Wildman–Crippen LogP) is 1.59. The van der Waals surface area contributed by atoms with E-state index in [0.29, 0.717) is 18.8 Å². The van der Waals surface area contributed by atoms with Crippen LogP contribution in [0.5, 0.6) is 0 Å². The second-order valence-corrected chi connectivity index (χ2v) is 8.83. The number of aryl methyl sites for hydroxylation is 1. The van der Waals surface area contributed by atoms with Crippen LogP contribution in [0.25, 0.3) is 0 Å². The lowest BCUT2D eigenvalue weighted by Crippen LogP contribution is -2.67. The zero-order valence-electron chi connectivity index (χ0n) is 18.5. The third kappa shape index (κ3) is 3.01. The normalized spacial score (nSPS) is 29.0. The van der Waals surface area contributed by atoms with E-state index >= 15 is 0 Å². The summed E-state index contributed by atoms with van der Waals surface area (Å²) in [5.74, 6) is -3.63. The fourth-order valence-corrected chi connectivity index (χ4v) is 5.75. The van der Waals surface area contributed by atoms with Crippen LogP contribution in [0.15, 0.2) is 54.6 Å². The molecule has 0 radical (unpaired) electrons. The van der Waals surface area contributed by atoms with Crippen molar-refractivity contribution in [1.82, 2.24) is 10.2 Å². The van der Waals surface area contributed by atoms with Gasteiger partial charge in [0.05, 0.1) is 31.1 Å². The Morgan fingerprint density at radius 2 is 1.76 bits per heavy atom. The molecule has 170 valence electrons. The number of nitrogens with one attached hydrogen (secondary N) is 1. The van der Waals surface area contributed by atoms with Crippen molar-refractivity contribution < 1.29 is 23.9 Å². The topological polar surface area (TPSA) is 96.0 Å². The first-order valence-electron chi connectivity index (χ1n) is 11.0. The molecule has 0 aliphatic carbocycles. The van der Waals surface area contributed by atoms with Gasteiger partial charge in [0.25, 0.3) is 0 Å². The number of nitrogens with zero attached hydrogens (tertiary/aromatic N) is 2. The van der Waals surface area contributed by atoms with E-state index in [0.717, 1.165) is 11.1 Å². The molecule has 8 heteroatoms. The van der Waals surface area contributed by atoms with E-state index in [4.69, 9.17) is 4.74 Å². The predicted molar refractivity (Wildman–Crippen MR) is 119 cm³/mol. The van der Waals surface area contributed by atoms with Crippen molar-refractivity contribution in [3.05, 3.63) is 65.7 Å². The van der Waals surface area contributed by atoms with Gasteiger partial charge in [-0.05, 0) is 24.6 Å². The highest BCUT2D eigenvalue weighted by molar-refractivity contribution is 6.24. The molecule has 3 aliphatic heterocycles. The molecule has 3 heterocycles. The largest absolute Gasteiger partial charge is 0.469 e. The number of rotatable bonds is 4. The monoisotopic (exact) mass is 447 g/mol. The molecule has 2 aromatic carbocycles. The number of benzene rings is 2. The molecule has 0 unspecified atom stereocenters. The molecule has 3 aliphatic rings. The first kappa shape index (κ1) is 21.3. The number of esters is 1. The Balaban J connectivity index is 1.71. The lowest BCUT2D eigenvalue weighted by atomic mass is 9.76. The molecule has 3 saturated heterocycles. The van der Waals surface area contributed by atoms with Crippen LogP contribution in [0.2, 0.25) is 0 Å². The number of fused-ring (bicyclic) bond motifs is 3. The number of amides is 3. The summed E-state index contributed by atoms with van der Waals surface area (Å²) in [6, 6.07) is 16.0. The van der Waals surface area contributed by atoms with Gasteiger partial charge in [-0.25, -0.2) is 4.90 Å². The zero-order valence-corrected chi connectivity index (χ0v) is 18.5. The number of piperazine rings is 1. The average Bonchev–Trinajstić information content (AvgIpc) is 3.26. The second kappa shape index (κ2) is 7.81.